The van der Waals surface area contributed by atoms with E-state index in [0.717, 1.165) is 28.0 Å². The van der Waals surface area contributed by atoms with Gasteiger partial charge >= 0.3 is 0 Å². The third-order valence-electron chi connectivity index (χ3n) is 10.7. The highest BCUT2D eigenvalue weighted by Gasteiger charge is 2.48. The van der Waals surface area contributed by atoms with Gasteiger partial charge in [-0.05, 0) is 107 Å². The predicted molar refractivity (Wildman–Crippen MR) is 190 cm³/mol. The van der Waals surface area contributed by atoms with Crippen LogP contribution in [0.5, 0.6) is 0 Å². The summed E-state index contributed by atoms with van der Waals surface area (Å²) in [5.74, 6) is 0. The van der Waals surface area contributed by atoms with Crippen molar-refractivity contribution in [1.29, 1.82) is 0 Å². The molecule has 0 bridgehead atoms. The van der Waals surface area contributed by atoms with Gasteiger partial charge in [0.2, 0.25) is 0 Å². The molecule has 1 aliphatic carbocycles. The Hall–Kier alpha value is -4.70. The third kappa shape index (κ3) is 3.72. The van der Waals surface area contributed by atoms with E-state index in [1.165, 1.54) is 63.2 Å². The number of anilines is 6. The van der Waals surface area contributed by atoms with E-state index >= 15 is 0 Å². The van der Waals surface area contributed by atoms with Crippen molar-refractivity contribution in [2.75, 3.05) is 9.80 Å². The fourth-order valence-electron chi connectivity index (χ4n) is 8.29. The molecule has 6 aromatic rings. The van der Waals surface area contributed by atoms with Crippen LogP contribution in [-0.4, -0.2) is 6.71 Å². The Kier molecular flexibility index (Phi) is 5.44. The highest BCUT2D eigenvalue weighted by molar-refractivity contribution is 7.00. The van der Waals surface area contributed by atoms with E-state index in [0.29, 0.717) is 0 Å². The lowest BCUT2D eigenvalue weighted by molar-refractivity contribution is 0.332. The maximum Gasteiger partial charge on any atom is 0.297 e. The lowest BCUT2D eigenvalue weighted by atomic mass is 9.35. The van der Waals surface area contributed by atoms with E-state index in [2.05, 4.69) is 154 Å². The molecule has 3 aliphatic rings. The maximum atomic E-state index is 7.02. The Balaban J connectivity index is 1.43. The molecule has 0 amide bonds. The molecule has 0 N–H and O–H groups in total. The first-order valence-electron chi connectivity index (χ1n) is 16.3. The van der Waals surface area contributed by atoms with Crippen LogP contribution in [0, 0.1) is 6.92 Å². The Bertz CT molecular complexity index is 2140. The summed E-state index contributed by atoms with van der Waals surface area (Å²) in [5, 5.41) is 1.16. The second kappa shape index (κ2) is 9.17. The number of para-hydroxylation sites is 2. The van der Waals surface area contributed by atoms with Crippen LogP contribution in [0.4, 0.5) is 34.1 Å². The molecule has 220 valence electrons. The summed E-state index contributed by atoms with van der Waals surface area (Å²) in [6, 6.07) is 40.2. The Labute approximate surface area is 266 Å². The van der Waals surface area contributed by atoms with Gasteiger partial charge in [0.15, 0.2) is 0 Å². The normalized spacial score (nSPS) is 17.0. The number of furan rings is 1. The maximum absolute atomic E-state index is 7.02. The summed E-state index contributed by atoms with van der Waals surface area (Å²) in [4.78, 5) is 4.94. The van der Waals surface area contributed by atoms with Gasteiger partial charge in [0.05, 0.1) is 11.3 Å². The van der Waals surface area contributed by atoms with Crippen molar-refractivity contribution in [3.8, 4) is 0 Å². The molecule has 2 aliphatic heterocycles. The first-order valence-corrected chi connectivity index (χ1v) is 16.3. The lowest BCUT2D eigenvalue weighted by Crippen LogP contribution is -2.61. The van der Waals surface area contributed by atoms with Crippen molar-refractivity contribution in [3.05, 3.63) is 126 Å². The van der Waals surface area contributed by atoms with Crippen molar-refractivity contribution in [2.24, 2.45) is 0 Å². The molecule has 0 saturated carbocycles. The fourth-order valence-corrected chi connectivity index (χ4v) is 8.29. The largest absolute Gasteiger partial charge is 0.468 e. The molecule has 0 radical (unpaired) electrons. The van der Waals surface area contributed by atoms with Crippen LogP contribution in [0.3, 0.4) is 0 Å². The quantitative estimate of drug-likeness (QED) is 0.189. The second-order valence-corrected chi connectivity index (χ2v) is 14.5. The first-order chi connectivity index (χ1) is 21.7. The minimum Gasteiger partial charge on any atom is -0.468 e. The van der Waals surface area contributed by atoms with E-state index in [9.17, 15) is 0 Å². The SMILES string of the molecule is Cc1ccc2oc3c(c2c1)N(c1ccccc1)c1cccc2c1B3c1cc3c(cc1N2c1ccccc1)C(C)(C)CCC3(C)C. The number of hydrogen-bond donors (Lipinski definition) is 0. The molecule has 0 atom stereocenters. The molecular weight excluding hydrogens is 547 g/mol. The molecule has 4 heteroatoms. The van der Waals surface area contributed by atoms with Gasteiger partial charge in [-0.3, -0.25) is 0 Å². The van der Waals surface area contributed by atoms with Crippen molar-refractivity contribution < 1.29 is 4.42 Å². The van der Waals surface area contributed by atoms with E-state index in [4.69, 9.17) is 4.42 Å². The lowest BCUT2D eigenvalue weighted by Gasteiger charge is -2.46. The number of fused-ring (bicyclic) bond motifs is 7. The Morgan fingerprint density at radius 3 is 1.89 bits per heavy atom. The molecule has 0 spiro atoms. The highest BCUT2D eigenvalue weighted by atomic mass is 16.3. The molecule has 3 nitrogen and oxygen atoms in total. The van der Waals surface area contributed by atoms with Gasteiger partial charge in [0.25, 0.3) is 6.71 Å². The monoisotopic (exact) mass is 584 g/mol. The van der Waals surface area contributed by atoms with Gasteiger partial charge in [-0.1, -0.05) is 87.9 Å². The first kappa shape index (κ1) is 26.7. The van der Waals surface area contributed by atoms with Crippen molar-refractivity contribution in [1.82, 2.24) is 0 Å². The topological polar surface area (TPSA) is 19.6 Å². The van der Waals surface area contributed by atoms with Crippen LogP contribution >= 0.6 is 0 Å². The van der Waals surface area contributed by atoms with Crippen LogP contribution in [0.2, 0.25) is 0 Å². The summed E-state index contributed by atoms with van der Waals surface area (Å²) in [7, 11) is 0. The molecule has 0 unspecified atom stereocenters. The molecule has 3 heterocycles. The molecule has 9 rings (SSSR count). The summed E-state index contributed by atoms with van der Waals surface area (Å²) in [6.07, 6.45) is 2.36. The Morgan fingerprint density at radius 1 is 0.622 bits per heavy atom. The number of aryl methyl sites for hydroxylation is 1. The van der Waals surface area contributed by atoms with Crippen LogP contribution in [0.1, 0.15) is 57.2 Å². The number of rotatable bonds is 2. The second-order valence-electron chi connectivity index (χ2n) is 14.5. The van der Waals surface area contributed by atoms with Gasteiger partial charge < -0.3 is 14.2 Å². The smallest absolute Gasteiger partial charge is 0.297 e. The number of hydrogen-bond acceptors (Lipinski definition) is 3. The summed E-state index contributed by atoms with van der Waals surface area (Å²) < 4.78 is 7.02. The third-order valence-corrected chi connectivity index (χ3v) is 10.7. The average Bonchev–Trinajstić information content (AvgIpc) is 3.41. The summed E-state index contributed by atoms with van der Waals surface area (Å²) >= 11 is 0. The van der Waals surface area contributed by atoms with Gasteiger partial charge in [-0.2, -0.15) is 0 Å². The van der Waals surface area contributed by atoms with Gasteiger partial charge in [0, 0.05) is 33.8 Å². The van der Waals surface area contributed by atoms with Gasteiger partial charge in [-0.15, -0.1) is 0 Å². The number of benzene rings is 5. The van der Waals surface area contributed by atoms with E-state index in [1.807, 2.05) is 0 Å². The molecule has 0 saturated heterocycles. The summed E-state index contributed by atoms with van der Waals surface area (Å²) in [6.45, 7) is 11.8. The van der Waals surface area contributed by atoms with E-state index in [1.54, 1.807) is 0 Å². The van der Waals surface area contributed by atoms with Crippen molar-refractivity contribution in [3.63, 3.8) is 0 Å². The van der Waals surface area contributed by atoms with E-state index < -0.39 is 0 Å². The molecule has 0 fully saturated rings. The standard InChI is InChI=1S/C41H37BN2O/c1-26-19-20-36-29(23-26)38-39(45-36)42-32-24-30-31(41(4,5)22-21-40(30,2)3)25-35(32)43(27-13-8-6-9-14-27)33-17-12-18-34(37(33)42)44(38)28-15-10-7-11-16-28/h6-20,23-25H,21-22H2,1-5H3. The fraction of sp³-hybridized carbons (Fsp3) is 0.220. The van der Waals surface area contributed by atoms with Crippen molar-refractivity contribution in [2.45, 2.75) is 58.3 Å². The average molecular weight is 585 g/mol. The van der Waals surface area contributed by atoms with E-state index in [-0.39, 0.29) is 17.5 Å². The van der Waals surface area contributed by atoms with Crippen LogP contribution in [0.15, 0.2) is 114 Å². The summed E-state index contributed by atoms with van der Waals surface area (Å²) in [5.41, 5.74) is 16.1. The molecule has 1 aromatic heterocycles. The zero-order valence-corrected chi connectivity index (χ0v) is 26.7. The minimum absolute atomic E-state index is 0.0278. The zero-order valence-electron chi connectivity index (χ0n) is 26.7. The van der Waals surface area contributed by atoms with Crippen LogP contribution in [-0.2, 0) is 10.8 Å². The number of nitrogens with zero attached hydrogens (tertiary/aromatic N) is 2. The van der Waals surface area contributed by atoms with Crippen LogP contribution < -0.4 is 26.4 Å². The molecular formula is C41H37BN2O. The zero-order chi connectivity index (χ0) is 30.7. The van der Waals surface area contributed by atoms with Gasteiger partial charge in [0.1, 0.15) is 5.58 Å². The highest BCUT2D eigenvalue weighted by Crippen LogP contribution is 2.50. The Morgan fingerprint density at radius 2 is 1.22 bits per heavy atom. The van der Waals surface area contributed by atoms with Crippen molar-refractivity contribution >= 4 is 68.4 Å². The van der Waals surface area contributed by atoms with Gasteiger partial charge in [-0.25, -0.2) is 0 Å². The molecule has 5 aromatic carbocycles. The minimum atomic E-state index is -0.0278. The predicted octanol–water partition coefficient (Wildman–Crippen LogP) is 9.17. The molecule has 45 heavy (non-hydrogen) atoms. The van der Waals surface area contributed by atoms with Crippen LogP contribution in [0.25, 0.3) is 11.0 Å².